The van der Waals surface area contributed by atoms with Crippen LogP contribution in [0.2, 0.25) is 0 Å². The number of carbonyl (C=O) groups is 2. The van der Waals surface area contributed by atoms with E-state index in [9.17, 15) is 9.59 Å². The molecule has 0 bridgehead atoms. The second-order valence-corrected chi connectivity index (χ2v) is 7.83. The summed E-state index contributed by atoms with van der Waals surface area (Å²) in [4.78, 5) is 31.0. The van der Waals surface area contributed by atoms with Gasteiger partial charge in [-0.15, -0.1) is 0 Å². The van der Waals surface area contributed by atoms with Gasteiger partial charge in [0.2, 0.25) is 11.8 Å². The van der Waals surface area contributed by atoms with Crippen molar-refractivity contribution in [1.82, 2.24) is 24.5 Å². The van der Waals surface area contributed by atoms with Crippen LogP contribution in [0.25, 0.3) is 0 Å². The monoisotopic (exact) mass is 391 g/mol. The molecule has 1 atom stereocenters. The van der Waals surface area contributed by atoms with Crippen LogP contribution < -0.4 is 0 Å². The Kier molecular flexibility index (Phi) is 7.44. The average Bonchev–Trinajstić information content (AvgIpc) is 3.33. The molecule has 2 saturated heterocycles. The predicted octanol–water partition coefficient (Wildman–Crippen LogP) is 0.753. The lowest BCUT2D eigenvalue weighted by Gasteiger charge is -2.30. The summed E-state index contributed by atoms with van der Waals surface area (Å²) in [5, 5.41) is 4.23. The van der Waals surface area contributed by atoms with Crippen molar-refractivity contribution in [3.05, 3.63) is 18.0 Å². The molecule has 3 rings (SSSR count). The molecule has 156 valence electrons. The molecular weight excluding hydrogens is 358 g/mol. The van der Waals surface area contributed by atoms with E-state index in [1.165, 1.54) is 0 Å². The zero-order valence-corrected chi connectivity index (χ0v) is 17.2. The van der Waals surface area contributed by atoms with Crippen molar-refractivity contribution in [2.75, 3.05) is 52.5 Å². The van der Waals surface area contributed by atoms with Gasteiger partial charge in [0.25, 0.3) is 0 Å². The van der Waals surface area contributed by atoms with Crippen molar-refractivity contribution in [1.29, 1.82) is 0 Å². The minimum absolute atomic E-state index is 0.105. The van der Waals surface area contributed by atoms with E-state index in [0.717, 1.165) is 64.3 Å². The molecule has 8 heteroatoms. The number of nitrogens with zero attached hydrogens (tertiary/aromatic N) is 5. The maximum Gasteiger partial charge on any atom is 0.224 e. The molecule has 1 aromatic heterocycles. The third-order valence-corrected chi connectivity index (χ3v) is 5.66. The first kappa shape index (κ1) is 20.8. The normalized spacial score (nSPS) is 20.5. The minimum atomic E-state index is 0.105. The van der Waals surface area contributed by atoms with Gasteiger partial charge in [-0.1, -0.05) is 0 Å². The van der Waals surface area contributed by atoms with Gasteiger partial charge in [0.15, 0.2) is 0 Å². The van der Waals surface area contributed by atoms with E-state index in [0.29, 0.717) is 19.5 Å². The second-order valence-electron chi connectivity index (χ2n) is 7.83. The van der Waals surface area contributed by atoms with E-state index in [1.54, 1.807) is 13.1 Å². The average molecular weight is 392 g/mol. The van der Waals surface area contributed by atoms with E-state index < -0.39 is 0 Å². The molecule has 0 aromatic carbocycles. The lowest BCUT2D eigenvalue weighted by atomic mass is 10.2. The highest BCUT2D eigenvalue weighted by molar-refractivity contribution is 5.77. The summed E-state index contributed by atoms with van der Waals surface area (Å²) < 4.78 is 7.19. The molecule has 0 radical (unpaired) electrons. The molecule has 0 aliphatic carbocycles. The Morgan fingerprint density at radius 1 is 1.25 bits per heavy atom. The number of amides is 2. The van der Waals surface area contributed by atoms with Crippen LogP contribution >= 0.6 is 0 Å². The van der Waals surface area contributed by atoms with Gasteiger partial charge < -0.3 is 14.5 Å². The SMILES string of the molecule is CC(=O)N(CCCN1CCOCC1)C1CCN(C(=O)CCn2cc(C)cn2)C1. The number of aryl methyl sites for hydroxylation is 2. The summed E-state index contributed by atoms with van der Waals surface area (Å²) in [6.45, 7) is 10.9. The maximum absolute atomic E-state index is 12.5. The summed E-state index contributed by atoms with van der Waals surface area (Å²) >= 11 is 0. The number of likely N-dealkylation sites (tertiary alicyclic amines) is 1. The maximum atomic E-state index is 12.5. The fourth-order valence-electron chi connectivity index (χ4n) is 4.07. The molecule has 2 aliphatic heterocycles. The quantitative estimate of drug-likeness (QED) is 0.654. The van der Waals surface area contributed by atoms with Crippen LogP contribution in [0.4, 0.5) is 0 Å². The molecule has 0 N–H and O–H groups in total. The van der Waals surface area contributed by atoms with E-state index in [-0.39, 0.29) is 17.9 Å². The number of hydrogen-bond acceptors (Lipinski definition) is 5. The molecule has 2 amide bonds. The minimum Gasteiger partial charge on any atom is -0.379 e. The Bertz CT molecular complexity index is 656. The zero-order valence-electron chi connectivity index (χ0n) is 17.2. The third-order valence-electron chi connectivity index (χ3n) is 5.66. The number of aromatic nitrogens is 2. The first-order valence-corrected chi connectivity index (χ1v) is 10.4. The fourth-order valence-corrected chi connectivity index (χ4v) is 4.07. The lowest BCUT2D eigenvalue weighted by Crippen LogP contribution is -2.44. The standard InChI is InChI=1S/C20H33N5O3/c1-17-14-21-24(15-17)9-5-20(27)23-8-4-19(16-23)25(18(2)26)7-3-6-22-10-12-28-13-11-22/h14-15,19H,3-13,16H2,1-2H3. The first-order valence-electron chi connectivity index (χ1n) is 10.4. The van der Waals surface area contributed by atoms with Crippen LogP contribution in [0.15, 0.2) is 12.4 Å². The molecule has 0 spiro atoms. The van der Waals surface area contributed by atoms with Crippen molar-refractivity contribution in [2.24, 2.45) is 0 Å². The molecule has 28 heavy (non-hydrogen) atoms. The smallest absolute Gasteiger partial charge is 0.224 e. The van der Waals surface area contributed by atoms with Gasteiger partial charge in [-0.3, -0.25) is 19.2 Å². The Hall–Kier alpha value is -1.93. The Morgan fingerprint density at radius 3 is 2.71 bits per heavy atom. The molecular formula is C20H33N5O3. The van der Waals surface area contributed by atoms with Crippen molar-refractivity contribution < 1.29 is 14.3 Å². The number of morpholine rings is 1. The van der Waals surface area contributed by atoms with Crippen LogP contribution in [-0.2, 0) is 20.9 Å². The summed E-state index contributed by atoms with van der Waals surface area (Å²) in [6, 6.07) is 0.137. The number of ether oxygens (including phenoxy) is 1. The summed E-state index contributed by atoms with van der Waals surface area (Å²) in [6.07, 6.45) is 6.03. The number of hydrogen-bond donors (Lipinski definition) is 0. The molecule has 8 nitrogen and oxygen atoms in total. The van der Waals surface area contributed by atoms with E-state index >= 15 is 0 Å². The summed E-state index contributed by atoms with van der Waals surface area (Å²) in [5.41, 5.74) is 1.10. The van der Waals surface area contributed by atoms with Crippen molar-refractivity contribution in [3.8, 4) is 0 Å². The van der Waals surface area contributed by atoms with E-state index in [4.69, 9.17) is 4.74 Å². The van der Waals surface area contributed by atoms with Gasteiger partial charge in [0, 0.05) is 65.4 Å². The molecule has 0 saturated carbocycles. The van der Waals surface area contributed by atoms with Crippen LogP contribution in [0, 0.1) is 6.92 Å². The van der Waals surface area contributed by atoms with Crippen molar-refractivity contribution in [3.63, 3.8) is 0 Å². The van der Waals surface area contributed by atoms with Gasteiger partial charge >= 0.3 is 0 Å². The number of rotatable bonds is 8. The van der Waals surface area contributed by atoms with Gasteiger partial charge in [-0.25, -0.2) is 0 Å². The van der Waals surface area contributed by atoms with Gasteiger partial charge in [0.05, 0.1) is 25.5 Å². The zero-order chi connectivity index (χ0) is 19.9. The van der Waals surface area contributed by atoms with Crippen LogP contribution in [0.3, 0.4) is 0 Å². The van der Waals surface area contributed by atoms with Crippen molar-refractivity contribution >= 4 is 11.8 Å². The molecule has 2 aliphatic rings. The fraction of sp³-hybridized carbons (Fsp3) is 0.750. The van der Waals surface area contributed by atoms with Crippen LogP contribution in [0.1, 0.15) is 31.7 Å². The second kappa shape index (κ2) is 10.0. The molecule has 3 heterocycles. The summed E-state index contributed by atoms with van der Waals surface area (Å²) in [7, 11) is 0. The van der Waals surface area contributed by atoms with Gasteiger partial charge in [0.1, 0.15) is 0 Å². The molecule has 2 fully saturated rings. The molecule has 1 aromatic rings. The topological polar surface area (TPSA) is 70.9 Å². The van der Waals surface area contributed by atoms with E-state index in [1.807, 2.05) is 27.6 Å². The van der Waals surface area contributed by atoms with E-state index in [2.05, 4.69) is 10.00 Å². The Balaban J connectivity index is 1.42. The highest BCUT2D eigenvalue weighted by atomic mass is 16.5. The first-order chi connectivity index (χ1) is 13.5. The Labute approximate surface area is 167 Å². The van der Waals surface area contributed by atoms with Gasteiger partial charge in [-0.05, 0) is 25.3 Å². The third kappa shape index (κ3) is 5.78. The van der Waals surface area contributed by atoms with Crippen LogP contribution in [-0.4, -0.2) is 94.8 Å². The summed E-state index contributed by atoms with van der Waals surface area (Å²) in [5.74, 6) is 0.251. The largest absolute Gasteiger partial charge is 0.379 e. The van der Waals surface area contributed by atoms with Crippen LogP contribution in [0.5, 0.6) is 0 Å². The highest BCUT2D eigenvalue weighted by Gasteiger charge is 2.31. The molecule has 1 unspecified atom stereocenters. The lowest BCUT2D eigenvalue weighted by molar-refractivity contribution is -0.133. The predicted molar refractivity (Wildman–Crippen MR) is 106 cm³/mol. The Morgan fingerprint density at radius 2 is 2.04 bits per heavy atom. The number of carbonyl (C=O) groups excluding carboxylic acids is 2. The van der Waals surface area contributed by atoms with Crippen molar-refractivity contribution in [2.45, 2.75) is 45.7 Å². The highest BCUT2D eigenvalue weighted by Crippen LogP contribution is 2.18. The van der Waals surface area contributed by atoms with Gasteiger partial charge in [-0.2, -0.15) is 5.10 Å².